The molecule has 3 aromatic rings. The van der Waals surface area contributed by atoms with Crippen molar-refractivity contribution in [2.45, 2.75) is 60.3 Å². The minimum absolute atomic E-state index is 0.0307. The molecule has 34 heavy (non-hydrogen) atoms. The lowest BCUT2D eigenvalue weighted by Crippen LogP contribution is -2.27. The lowest BCUT2D eigenvalue weighted by molar-refractivity contribution is -0.270. The average Bonchev–Trinajstić information content (AvgIpc) is 2.80. The van der Waals surface area contributed by atoms with Crippen molar-refractivity contribution >= 4 is 18.1 Å². The summed E-state index contributed by atoms with van der Waals surface area (Å²) in [4.78, 5) is 12.5. The number of ether oxygens (including phenoxy) is 2. The van der Waals surface area contributed by atoms with Crippen molar-refractivity contribution in [3.8, 4) is 23.0 Å². The van der Waals surface area contributed by atoms with E-state index in [9.17, 15) is 9.90 Å². The van der Waals surface area contributed by atoms with Crippen molar-refractivity contribution in [2.75, 3.05) is 0 Å². The molecule has 0 bridgehead atoms. The van der Waals surface area contributed by atoms with Gasteiger partial charge in [0.05, 0.1) is 0 Å². The number of unbranched alkanes of at least 4 members (excludes halogenated alkanes) is 2. The maximum absolute atomic E-state index is 12.8. The Labute approximate surface area is 201 Å². The zero-order chi connectivity index (χ0) is 24.6. The highest BCUT2D eigenvalue weighted by atomic mass is 16.5. The van der Waals surface area contributed by atoms with Crippen LogP contribution in [0.1, 0.15) is 66.0 Å². The van der Waals surface area contributed by atoms with Crippen molar-refractivity contribution in [1.29, 1.82) is 0 Å². The van der Waals surface area contributed by atoms with E-state index >= 15 is 0 Å². The van der Waals surface area contributed by atoms with E-state index in [0.717, 1.165) is 57.5 Å². The molecular formula is C30H31O4-. The molecule has 1 heterocycles. The second-order valence-electron chi connectivity index (χ2n) is 9.11. The third-order valence-corrected chi connectivity index (χ3v) is 6.52. The van der Waals surface area contributed by atoms with Crippen molar-refractivity contribution in [3.05, 3.63) is 80.2 Å². The molecule has 3 aromatic carbocycles. The van der Waals surface area contributed by atoms with Crippen LogP contribution in [0.5, 0.6) is 23.0 Å². The first-order chi connectivity index (χ1) is 16.2. The summed E-state index contributed by atoms with van der Waals surface area (Å²) in [7, 11) is 0. The van der Waals surface area contributed by atoms with Gasteiger partial charge < -0.3 is 14.6 Å². The summed E-state index contributed by atoms with van der Waals surface area (Å²) in [5.74, 6) is 1.42. The number of benzene rings is 3. The Morgan fingerprint density at radius 2 is 1.62 bits per heavy atom. The fraction of sp³-hybridized carbons (Fsp3) is 0.300. The van der Waals surface area contributed by atoms with E-state index in [1.165, 1.54) is 0 Å². The SMILES string of the molecule is C=c1ccccc1=C1c2cc(C)c([O-])c(C)c2Oc2c1cc(C)c(OC(=O)CCCCC)c2C. The monoisotopic (exact) mass is 455 g/mol. The standard InChI is InChI=1S/C30H32O4/c1-7-8-9-14-25(31)33-28-19(4)16-24-26(22-13-11-10-12-17(22)2)23-15-18(3)27(32)20(5)29(23)34-30(24)21(28)6/h10-13,15-16,32H,2,7-9,14H2,1,3-6H3/p-1. The molecule has 0 radical (unpaired) electrons. The summed E-state index contributed by atoms with van der Waals surface area (Å²) in [5.41, 5.74) is 5.60. The van der Waals surface area contributed by atoms with E-state index in [1.807, 2.05) is 57.2 Å². The maximum Gasteiger partial charge on any atom is 0.311 e. The fourth-order valence-corrected chi connectivity index (χ4v) is 4.67. The van der Waals surface area contributed by atoms with Crippen LogP contribution in [0, 0.1) is 27.7 Å². The highest BCUT2D eigenvalue weighted by molar-refractivity contribution is 5.91. The van der Waals surface area contributed by atoms with Crippen LogP contribution in [0.15, 0.2) is 36.4 Å². The van der Waals surface area contributed by atoms with E-state index in [1.54, 1.807) is 6.92 Å². The van der Waals surface area contributed by atoms with Crippen LogP contribution in [0.25, 0.3) is 12.2 Å². The minimum atomic E-state index is -0.239. The Morgan fingerprint density at radius 1 is 0.971 bits per heavy atom. The number of fused-ring (bicyclic) bond motifs is 2. The van der Waals surface area contributed by atoms with Gasteiger partial charge in [0.25, 0.3) is 0 Å². The fourth-order valence-electron chi connectivity index (χ4n) is 4.67. The van der Waals surface area contributed by atoms with E-state index in [2.05, 4.69) is 13.5 Å². The summed E-state index contributed by atoms with van der Waals surface area (Å²) < 4.78 is 12.2. The van der Waals surface area contributed by atoms with E-state index in [4.69, 9.17) is 9.47 Å². The molecule has 1 aliphatic rings. The smallest absolute Gasteiger partial charge is 0.311 e. The van der Waals surface area contributed by atoms with Gasteiger partial charge in [0.1, 0.15) is 17.2 Å². The molecule has 4 rings (SSSR count). The highest BCUT2D eigenvalue weighted by Crippen LogP contribution is 2.50. The van der Waals surface area contributed by atoms with Gasteiger partial charge in [-0.15, -0.1) is 0 Å². The number of aryl methyl sites for hydroxylation is 2. The molecule has 4 heteroatoms. The van der Waals surface area contributed by atoms with Gasteiger partial charge in [-0.3, -0.25) is 4.79 Å². The minimum Gasteiger partial charge on any atom is -0.872 e. The third-order valence-electron chi connectivity index (χ3n) is 6.52. The highest BCUT2D eigenvalue weighted by Gasteiger charge is 2.29. The molecule has 0 saturated heterocycles. The number of rotatable bonds is 5. The Hall–Kier alpha value is -3.53. The predicted octanol–water partition coefficient (Wildman–Crippen LogP) is 5.24. The van der Waals surface area contributed by atoms with Gasteiger partial charge in [-0.2, -0.15) is 0 Å². The van der Waals surface area contributed by atoms with Gasteiger partial charge in [0.15, 0.2) is 0 Å². The molecule has 0 unspecified atom stereocenters. The first kappa shape index (κ1) is 23.6. The molecule has 0 aliphatic carbocycles. The van der Waals surface area contributed by atoms with Crippen LogP contribution < -0.4 is 25.0 Å². The maximum atomic E-state index is 12.8. The average molecular weight is 456 g/mol. The van der Waals surface area contributed by atoms with Gasteiger partial charge >= 0.3 is 5.97 Å². The van der Waals surface area contributed by atoms with E-state index < -0.39 is 0 Å². The molecule has 0 fully saturated rings. The Morgan fingerprint density at radius 3 is 2.29 bits per heavy atom. The van der Waals surface area contributed by atoms with Crippen molar-refractivity contribution in [1.82, 2.24) is 0 Å². The van der Waals surface area contributed by atoms with E-state index in [-0.39, 0.29) is 11.7 Å². The van der Waals surface area contributed by atoms with Gasteiger partial charge in [-0.1, -0.05) is 61.9 Å². The largest absolute Gasteiger partial charge is 0.872 e. The molecule has 4 nitrogen and oxygen atoms in total. The quantitative estimate of drug-likeness (QED) is 0.235. The number of carbonyl (C=O) groups excluding carboxylic acids is 1. The van der Waals surface area contributed by atoms with Gasteiger partial charge in [0, 0.05) is 28.7 Å². The summed E-state index contributed by atoms with van der Waals surface area (Å²) in [5, 5.41) is 14.6. The van der Waals surface area contributed by atoms with Crippen LogP contribution in [-0.4, -0.2) is 5.97 Å². The molecule has 176 valence electrons. The van der Waals surface area contributed by atoms with Crippen molar-refractivity contribution in [3.63, 3.8) is 0 Å². The van der Waals surface area contributed by atoms with Crippen molar-refractivity contribution < 1.29 is 19.4 Å². The van der Waals surface area contributed by atoms with Gasteiger partial charge in [0.2, 0.25) is 0 Å². The summed E-state index contributed by atoms with van der Waals surface area (Å²) in [6, 6.07) is 11.9. The lowest BCUT2D eigenvalue weighted by Gasteiger charge is -2.30. The topological polar surface area (TPSA) is 58.6 Å². The molecular weight excluding hydrogens is 424 g/mol. The summed E-state index contributed by atoms with van der Waals surface area (Å²) in [6.45, 7) is 13.8. The second-order valence-corrected chi connectivity index (χ2v) is 9.11. The zero-order valence-corrected chi connectivity index (χ0v) is 20.6. The van der Waals surface area contributed by atoms with Crippen LogP contribution in [0.4, 0.5) is 0 Å². The van der Waals surface area contributed by atoms with Crippen LogP contribution in [0.2, 0.25) is 0 Å². The molecule has 1 aliphatic heterocycles. The third kappa shape index (κ3) is 4.09. The molecule has 0 aromatic heterocycles. The Bertz CT molecular complexity index is 1400. The number of hydrogen-bond acceptors (Lipinski definition) is 4. The Balaban J connectivity index is 1.97. The van der Waals surface area contributed by atoms with Gasteiger partial charge in [-0.05, 0) is 67.8 Å². The lowest BCUT2D eigenvalue weighted by atomic mass is 9.86. The zero-order valence-electron chi connectivity index (χ0n) is 20.6. The van der Waals surface area contributed by atoms with Crippen LogP contribution in [0.3, 0.4) is 0 Å². The molecule has 0 amide bonds. The van der Waals surface area contributed by atoms with Crippen LogP contribution >= 0.6 is 0 Å². The molecule has 0 saturated carbocycles. The normalized spacial score (nSPS) is 13.7. The molecule has 0 spiro atoms. The van der Waals surface area contributed by atoms with Crippen molar-refractivity contribution in [2.24, 2.45) is 0 Å². The van der Waals surface area contributed by atoms with Gasteiger partial charge in [-0.25, -0.2) is 0 Å². The first-order valence-corrected chi connectivity index (χ1v) is 11.9. The van der Waals surface area contributed by atoms with E-state index in [0.29, 0.717) is 34.8 Å². The first-order valence-electron chi connectivity index (χ1n) is 11.9. The number of carbonyl (C=O) groups is 1. The number of esters is 1. The number of hydrogen-bond donors (Lipinski definition) is 0. The van der Waals surface area contributed by atoms with Crippen LogP contribution in [-0.2, 0) is 4.79 Å². The molecule has 0 atom stereocenters. The summed E-state index contributed by atoms with van der Waals surface area (Å²) >= 11 is 0. The predicted molar refractivity (Wildman–Crippen MR) is 134 cm³/mol. The molecule has 0 N–H and O–H groups in total. The Kier molecular flexibility index (Phi) is 6.52. The second kappa shape index (κ2) is 9.38. The summed E-state index contributed by atoms with van der Waals surface area (Å²) in [6.07, 6.45) is 3.24.